The van der Waals surface area contributed by atoms with Crippen LogP contribution >= 0.6 is 0 Å². The van der Waals surface area contributed by atoms with Gasteiger partial charge in [-0.05, 0) is 41.8 Å². The second-order valence-electron chi connectivity index (χ2n) is 7.19. The van der Waals surface area contributed by atoms with E-state index in [1.807, 2.05) is 42.6 Å². The van der Waals surface area contributed by atoms with Crippen molar-refractivity contribution in [3.8, 4) is 5.75 Å². The summed E-state index contributed by atoms with van der Waals surface area (Å²) in [6.07, 6.45) is 2.67. The minimum absolute atomic E-state index is 0.0264. The third-order valence-corrected chi connectivity index (χ3v) is 5.01. The number of nitrogens with zero attached hydrogens (tertiary/aromatic N) is 2. The standard InChI is InChI=1S/C23H24N2O2/c1-24-15-20-8-7-18(13-21(20)16-24)9-11-25-12-10-22(14-23(25)26)27-17-19-5-3-2-4-6-19/h2-8,10,12-14H,9,11,15-17H2,1H3. The fourth-order valence-corrected chi connectivity index (χ4v) is 3.53. The summed E-state index contributed by atoms with van der Waals surface area (Å²) < 4.78 is 7.48. The van der Waals surface area contributed by atoms with Crippen molar-refractivity contribution in [2.45, 2.75) is 32.7 Å². The van der Waals surface area contributed by atoms with Gasteiger partial charge in [0, 0.05) is 31.9 Å². The summed E-state index contributed by atoms with van der Waals surface area (Å²) in [7, 11) is 2.14. The molecule has 3 aromatic rings. The Kier molecular flexibility index (Phi) is 5.07. The summed E-state index contributed by atoms with van der Waals surface area (Å²) >= 11 is 0. The second-order valence-corrected chi connectivity index (χ2v) is 7.19. The van der Waals surface area contributed by atoms with Gasteiger partial charge in [0.25, 0.3) is 5.56 Å². The third kappa shape index (κ3) is 4.29. The number of ether oxygens (including phenoxy) is 1. The normalized spacial score (nSPS) is 13.5. The Morgan fingerprint density at radius 3 is 2.56 bits per heavy atom. The Labute approximate surface area is 159 Å². The van der Waals surface area contributed by atoms with Gasteiger partial charge in [-0.3, -0.25) is 9.69 Å². The first-order valence-corrected chi connectivity index (χ1v) is 9.34. The summed E-state index contributed by atoms with van der Waals surface area (Å²) in [5.41, 5.74) is 5.16. The molecule has 0 unspecified atom stereocenters. The lowest BCUT2D eigenvalue weighted by atomic mass is 10.0. The zero-order valence-electron chi connectivity index (χ0n) is 15.6. The molecule has 4 heteroatoms. The van der Waals surface area contributed by atoms with Crippen LogP contribution in [0.1, 0.15) is 22.3 Å². The van der Waals surface area contributed by atoms with E-state index in [-0.39, 0.29) is 5.56 Å². The minimum atomic E-state index is -0.0264. The molecule has 0 fully saturated rings. The molecule has 1 aromatic heterocycles. The molecule has 0 atom stereocenters. The summed E-state index contributed by atoms with van der Waals surface area (Å²) in [5, 5.41) is 0. The number of hydrogen-bond donors (Lipinski definition) is 0. The maximum atomic E-state index is 12.4. The lowest BCUT2D eigenvalue weighted by Gasteiger charge is -2.10. The molecule has 2 aromatic carbocycles. The van der Waals surface area contributed by atoms with Crippen molar-refractivity contribution in [2.75, 3.05) is 7.05 Å². The van der Waals surface area contributed by atoms with Crippen LogP contribution in [0.2, 0.25) is 0 Å². The maximum Gasteiger partial charge on any atom is 0.254 e. The molecule has 27 heavy (non-hydrogen) atoms. The summed E-state index contributed by atoms with van der Waals surface area (Å²) in [6.45, 7) is 3.18. The molecule has 1 aliphatic rings. The van der Waals surface area contributed by atoms with Crippen LogP contribution in [0.3, 0.4) is 0 Å². The van der Waals surface area contributed by atoms with Crippen LogP contribution in [-0.4, -0.2) is 16.5 Å². The number of fused-ring (bicyclic) bond motifs is 1. The van der Waals surface area contributed by atoms with Crippen LogP contribution in [0, 0.1) is 0 Å². The molecule has 0 N–H and O–H groups in total. The van der Waals surface area contributed by atoms with Crippen molar-refractivity contribution in [1.82, 2.24) is 9.47 Å². The highest BCUT2D eigenvalue weighted by Gasteiger charge is 2.15. The predicted octanol–water partition coefficient (Wildman–Crippen LogP) is 3.62. The second kappa shape index (κ2) is 7.80. The average molecular weight is 360 g/mol. The van der Waals surface area contributed by atoms with E-state index >= 15 is 0 Å². The molecule has 1 aliphatic heterocycles. The Hall–Kier alpha value is -2.85. The molecule has 0 spiro atoms. The van der Waals surface area contributed by atoms with Gasteiger partial charge in [0.1, 0.15) is 12.4 Å². The number of pyridine rings is 1. The van der Waals surface area contributed by atoms with Gasteiger partial charge in [0.2, 0.25) is 0 Å². The van der Waals surface area contributed by atoms with E-state index in [9.17, 15) is 4.79 Å². The molecule has 0 amide bonds. The molecule has 4 rings (SSSR count). The molecular weight excluding hydrogens is 336 g/mol. The number of aryl methyl sites for hydroxylation is 2. The van der Waals surface area contributed by atoms with Crippen molar-refractivity contribution in [2.24, 2.45) is 0 Å². The molecular formula is C23H24N2O2. The Balaban J connectivity index is 1.37. The molecule has 0 saturated carbocycles. The first kappa shape index (κ1) is 17.6. The Morgan fingerprint density at radius 1 is 0.926 bits per heavy atom. The van der Waals surface area contributed by atoms with E-state index < -0.39 is 0 Å². The van der Waals surface area contributed by atoms with Crippen LogP contribution in [-0.2, 0) is 32.7 Å². The number of rotatable bonds is 6. The average Bonchev–Trinajstić information content (AvgIpc) is 3.05. The van der Waals surface area contributed by atoms with Gasteiger partial charge < -0.3 is 9.30 Å². The quantitative estimate of drug-likeness (QED) is 0.673. The molecule has 0 bridgehead atoms. The first-order chi connectivity index (χ1) is 13.2. The molecule has 0 radical (unpaired) electrons. The molecule has 0 saturated heterocycles. The highest BCUT2D eigenvalue weighted by molar-refractivity contribution is 5.34. The monoisotopic (exact) mass is 360 g/mol. The summed E-state index contributed by atoms with van der Waals surface area (Å²) in [5.74, 6) is 0.612. The molecule has 138 valence electrons. The predicted molar refractivity (Wildman–Crippen MR) is 107 cm³/mol. The van der Waals surface area contributed by atoms with Gasteiger partial charge in [0.15, 0.2) is 0 Å². The number of aromatic nitrogens is 1. The fraction of sp³-hybridized carbons (Fsp3) is 0.261. The van der Waals surface area contributed by atoms with Gasteiger partial charge in [0.05, 0.1) is 0 Å². The third-order valence-electron chi connectivity index (χ3n) is 5.01. The lowest BCUT2D eigenvalue weighted by molar-refractivity contribution is 0.305. The van der Waals surface area contributed by atoms with Crippen molar-refractivity contribution in [3.63, 3.8) is 0 Å². The lowest BCUT2D eigenvalue weighted by Crippen LogP contribution is -2.19. The Bertz CT molecular complexity index is 979. The smallest absolute Gasteiger partial charge is 0.254 e. The first-order valence-electron chi connectivity index (χ1n) is 9.34. The van der Waals surface area contributed by atoms with Crippen LogP contribution in [0.5, 0.6) is 5.75 Å². The number of hydrogen-bond acceptors (Lipinski definition) is 3. The van der Waals surface area contributed by atoms with Crippen LogP contribution in [0.15, 0.2) is 71.7 Å². The highest BCUT2D eigenvalue weighted by Crippen LogP contribution is 2.22. The van der Waals surface area contributed by atoms with Crippen molar-refractivity contribution < 1.29 is 4.74 Å². The van der Waals surface area contributed by atoms with E-state index in [1.165, 1.54) is 16.7 Å². The maximum absolute atomic E-state index is 12.4. The van der Waals surface area contributed by atoms with Crippen LogP contribution in [0.4, 0.5) is 0 Å². The van der Waals surface area contributed by atoms with Gasteiger partial charge in [-0.15, -0.1) is 0 Å². The Morgan fingerprint density at radius 2 is 1.74 bits per heavy atom. The van der Waals surface area contributed by atoms with E-state index in [1.54, 1.807) is 10.6 Å². The van der Waals surface area contributed by atoms with Gasteiger partial charge >= 0.3 is 0 Å². The van der Waals surface area contributed by atoms with E-state index in [4.69, 9.17) is 4.74 Å². The SMILES string of the molecule is CN1Cc2ccc(CCn3ccc(OCc4ccccc4)cc3=O)cc2C1. The van der Waals surface area contributed by atoms with Gasteiger partial charge in [-0.2, -0.15) is 0 Å². The largest absolute Gasteiger partial charge is 0.489 e. The van der Waals surface area contributed by atoms with Gasteiger partial charge in [-0.1, -0.05) is 48.5 Å². The van der Waals surface area contributed by atoms with Crippen molar-refractivity contribution in [1.29, 1.82) is 0 Å². The topological polar surface area (TPSA) is 34.5 Å². The van der Waals surface area contributed by atoms with Crippen molar-refractivity contribution in [3.05, 3.63) is 99.5 Å². The van der Waals surface area contributed by atoms with E-state index in [0.717, 1.165) is 25.1 Å². The van der Waals surface area contributed by atoms with E-state index in [2.05, 4.69) is 30.1 Å². The molecule has 0 aliphatic carbocycles. The van der Waals surface area contributed by atoms with Crippen LogP contribution in [0.25, 0.3) is 0 Å². The molecule has 4 nitrogen and oxygen atoms in total. The van der Waals surface area contributed by atoms with Crippen LogP contribution < -0.4 is 10.3 Å². The summed E-state index contributed by atoms with van der Waals surface area (Å²) in [6, 6.07) is 20.1. The highest BCUT2D eigenvalue weighted by atomic mass is 16.5. The zero-order valence-corrected chi connectivity index (χ0v) is 15.6. The summed E-state index contributed by atoms with van der Waals surface area (Å²) in [4.78, 5) is 14.7. The molecule has 2 heterocycles. The zero-order chi connectivity index (χ0) is 18.6. The fourth-order valence-electron chi connectivity index (χ4n) is 3.53. The van der Waals surface area contributed by atoms with E-state index in [0.29, 0.717) is 18.9 Å². The minimum Gasteiger partial charge on any atom is -0.489 e. The number of benzene rings is 2. The van der Waals surface area contributed by atoms with Crippen molar-refractivity contribution >= 4 is 0 Å². The van der Waals surface area contributed by atoms with Gasteiger partial charge in [-0.25, -0.2) is 0 Å².